The summed E-state index contributed by atoms with van der Waals surface area (Å²) < 4.78 is 11.5. The van der Waals surface area contributed by atoms with E-state index in [2.05, 4.69) is 6.92 Å². The van der Waals surface area contributed by atoms with Gasteiger partial charge in [0.25, 0.3) is 0 Å². The van der Waals surface area contributed by atoms with Crippen LogP contribution in [0, 0.1) is 0 Å². The molecule has 0 aliphatic carbocycles. The summed E-state index contributed by atoms with van der Waals surface area (Å²) in [4.78, 5) is 0. The standard InChI is InChI=1S/C12H15ClO2/c1-2-6-12(14-7-8-15-12)10-4-3-5-11(13)9-10/h3-5,9H,2,6-8H2,1H3. The van der Waals surface area contributed by atoms with E-state index in [1.54, 1.807) is 0 Å². The van der Waals surface area contributed by atoms with Gasteiger partial charge < -0.3 is 9.47 Å². The van der Waals surface area contributed by atoms with Crippen LogP contribution in [0.2, 0.25) is 5.02 Å². The Morgan fingerprint density at radius 1 is 1.33 bits per heavy atom. The summed E-state index contributed by atoms with van der Waals surface area (Å²) in [5.41, 5.74) is 1.02. The van der Waals surface area contributed by atoms with Gasteiger partial charge in [0.15, 0.2) is 5.79 Å². The third kappa shape index (κ3) is 2.17. The average Bonchev–Trinajstić information content (AvgIpc) is 2.68. The van der Waals surface area contributed by atoms with Crippen LogP contribution in [0.1, 0.15) is 25.3 Å². The average molecular weight is 227 g/mol. The molecule has 1 aliphatic heterocycles. The lowest BCUT2D eigenvalue weighted by Crippen LogP contribution is -2.26. The van der Waals surface area contributed by atoms with Crippen molar-refractivity contribution in [2.45, 2.75) is 25.6 Å². The first kappa shape index (κ1) is 10.9. The van der Waals surface area contributed by atoms with Crippen LogP contribution < -0.4 is 0 Å². The normalized spacial score (nSPS) is 19.3. The molecule has 0 amide bonds. The highest BCUT2D eigenvalue weighted by Crippen LogP contribution is 2.36. The third-order valence-corrected chi connectivity index (χ3v) is 2.83. The molecule has 1 fully saturated rings. The van der Waals surface area contributed by atoms with Crippen molar-refractivity contribution in [1.82, 2.24) is 0 Å². The Balaban J connectivity index is 2.31. The molecular weight excluding hydrogens is 212 g/mol. The molecule has 2 rings (SSSR count). The van der Waals surface area contributed by atoms with Crippen molar-refractivity contribution in [3.63, 3.8) is 0 Å². The van der Waals surface area contributed by atoms with Gasteiger partial charge in [0, 0.05) is 17.0 Å². The fourth-order valence-electron chi connectivity index (χ4n) is 1.96. The van der Waals surface area contributed by atoms with Gasteiger partial charge >= 0.3 is 0 Å². The monoisotopic (exact) mass is 226 g/mol. The Hall–Kier alpha value is -0.570. The molecule has 1 saturated heterocycles. The van der Waals surface area contributed by atoms with Gasteiger partial charge in [-0.15, -0.1) is 0 Å². The van der Waals surface area contributed by atoms with Crippen molar-refractivity contribution < 1.29 is 9.47 Å². The number of benzene rings is 1. The minimum Gasteiger partial charge on any atom is -0.343 e. The molecule has 0 N–H and O–H groups in total. The van der Waals surface area contributed by atoms with Crippen LogP contribution in [0.4, 0.5) is 0 Å². The summed E-state index contributed by atoms with van der Waals surface area (Å²) in [6, 6.07) is 7.72. The molecule has 82 valence electrons. The smallest absolute Gasteiger partial charge is 0.195 e. The number of rotatable bonds is 3. The van der Waals surface area contributed by atoms with E-state index in [0.717, 1.165) is 23.4 Å². The van der Waals surface area contributed by atoms with Crippen LogP contribution in [-0.2, 0) is 15.3 Å². The molecular formula is C12H15ClO2. The quantitative estimate of drug-likeness (QED) is 0.787. The van der Waals surface area contributed by atoms with Crippen LogP contribution >= 0.6 is 11.6 Å². The third-order valence-electron chi connectivity index (χ3n) is 2.60. The van der Waals surface area contributed by atoms with Crippen LogP contribution in [-0.4, -0.2) is 13.2 Å². The lowest BCUT2D eigenvalue weighted by Gasteiger charge is -2.27. The Kier molecular flexibility index (Phi) is 3.29. The summed E-state index contributed by atoms with van der Waals surface area (Å²) in [6.07, 6.45) is 1.89. The number of hydrogen-bond acceptors (Lipinski definition) is 2. The first-order chi connectivity index (χ1) is 7.27. The first-order valence-corrected chi connectivity index (χ1v) is 5.68. The summed E-state index contributed by atoms with van der Waals surface area (Å²) >= 11 is 5.97. The zero-order valence-electron chi connectivity index (χ0n) is 8.83. The molecule has 0 bridgehead atoms. The minimum absolute atomic E-state index is 0.556. The predicted octanol–water partition coefficient (Wildman–Crippen LogP) is 3.34. The van der Waals surface area contributed by atoms with E-state index in [4.69, 9.17) is 21.1 Å². The molecule has 0 spiro atoms. The second-order valence-electron chi connectivity index (χ2n) is 3.71. The van der Waals surface area contributed by atoms with E-state index >= 15 is 0 Å². The molecule has 1 heterocycles. The SMILES string of the molecule is CCCC1(c2cccc(Cl)c2)OCCO1. The van der Waals surface area contributed by atoms with Gasteiger partial charge in [-0.2, -0.15) is 0 Å². The van der Waals surface area contributed by atoms with Crippen LogP contribution in [0.15, 0.2) is 24.3 Å². The maximum atomic E-state index is 5.97. The van der Waals surface area contributed by atoms with Gasteiger partial charge in [0.1, 0.15) is 0 Å². The molecule has 1 aromatic rings. The van der Waals surface area contributed by atoms with Gasteiger partial charge in [0.2, 0.25) is 0 Å². The van der Waals surface area contributed by atoms with E-state index in [-0.39, 0.29) is 0 Å². The lowest BCUT2D eigenvalue weighted by molar-refractivity contribution is -0.170. The summed E-state index contributed by atoms with van der Waals surface area (Å²) in [7, 11) is 0. The topological polar surface area (TPSA) is 18.5 Å². The van der Waals surface area contributed by atoms with Gasteiger partial charge in [-0.25, -0.2) is 0 Å². The Morgan fingerprint density at radius 2 is 2.07 bits per heavy atom. The Morgan fingerprint density at radius 3 is 2.67 bits per heavy atom. The van der Waals surface area contributed by atoms with Gasteiger partial charge in [-0.3, -0.25) is 0 Å². The first-order valence-electron chi connectivity index (χ1n) is 5.31. The molecule has 2 nitrogen and oxygen atoms in total. The Bertz CT molecular complexity index is 332. The van der Waals surface area contributed by atoms with E-state index in [9.17, 15) is 0 Å². The van der Waals surface area contributed by atoms with Crippen molar-refractivity contribution in [2.75, 3.05) is 13.2 Å². The Labute approximate surface area is 95.1 Å². The highest BCUT2D eigenvalue weighted by atomic mass is 35.5. The maximum Gasteiger partial charge on any atom is 0.195 e. The molecule has 15 heavy (non-hydrogen) atoms. The minimum atomic E-state index is -0.556. The van der Waals surface area contributed by atoms with E-state index in [1.165, 1.54) is 0 Å². The van der Waals surface area contributed by atoms with Crippen molar-refractivity contribution in [1.29, 1.82) is 0 Å². The summed E-state index contributed by atoms with van der Waals surface area (Å²) in [5.74, 6) is -0.556. The number of halogens is 1. The van der Waals surface area contributed by atoms with Gasteiger partial charge in [-0.05, 0) is 12.1 Å². The molecule has 0 aromatic heterocycles. The molecule has 0 unspecified atom stereocenters. The summed E-state index contributed by atoms with van der Waals surface area (Å²) in [5, 5.41) is 0.724. The molecule has 0 radical (unpaired) electrons. The van der Waals surface area contributed by atoms with E-state index in [0.29, 0.717) is 13.2 Å². The fourth-order valence-corrected chi connectivity index (χ4v) is 2.15. The highest BCUT2D eigenvalue weighted by molar-refractivity contribution is 6.30. The van der Waals surface area contributed by atoms with E-state index < -0.39 is 5.79 Å². The molecule has 1 aromatic carbocycles. The maximum absolute atomic E-state index is 5.97. The second kappa shape index (κ2) is 4.52. The number of ether oxygens (including phenoxy) is 2. The highest BCUT2D eigenvalue weighted by Gasteiger charge is 2.37. The largest absolute Gasteiger partial charge is 0.343 e. The second-order valence-corrected chi connectivity index (χ2v) is 4.15. The predicted molar refractivity (Wildman–Crippen MR) is 59.9 cm³/mol. The molecule has 0 saturated carbocycles. The molecule has 1 aliphatic rings. The van der Waals surface area contributed by atoms with Crippen LogP contribution in [0.3, 0.4) is 0 Å². The van der Waals surface area contributed by atoms with Gasteiger partial charge in [-0.1, -0.05) is 37.1 Å². The molecule has 0 atom stereocenters. The van der Waals surface area contributed by atoms with E-state index in [1.807, 2.05) is 24.3 Å². The zero-order valence-corrected chi connectivity index (χ0v) is 9.59. The van der Waals surface area contributed by atoms with Crippen LogP contribution in [0.25, 0.3) is 0 Å². The number of hydrogen-bond donors (Lipinski definition) is 0. The zero-order chi connectivity index (χ0) is 10.7. The lowest BCUT2D eigenvalue weighted by atomic mass is 10.0. The fraction of sp³-hybridized carbons (Fsp3) is 0.500. The van der Waals surface area contributed by atoms with Gasteiger partial charge in [0.05, 0.1) is 13.2 Å². The van der Waals surface area contributed by atoms with Crippen molar-refractivity contribution in [2.24, 2.45) is 0 Å². The van der Waals surface area contributed by atoms with Crippen molar-refractivity contribution in [3.8, 4) is 0 Å². The van der Waals surface area contributed by atoms with Crippen molar-refractivity contribution >= 4 is 11.6 Å². The van der Waals surface area contributed by atoms with Crippen LogP contribution in [0.5, 0.6) is 0 Å². The summed E-state index contributed by atoms with van der Waals surface area (Å²) in [6.45, 7) is 3.44. The van der Waals surface area contributed by atoms with Crippen molar-refractivity contribution in [3.05, 3.63) is 34.9 Å². The molecule has 3 heteroatoms.